The van der Waals surface area contributed by atoms with Crippen molar-refractivity contribution in [3.8, 4) is 22.8 Å². The summed E-state index contributed by atoms with van der Waals surface area (Å²) in [4.78, 5) is 44.1. The minimum Gasteiger partial charge on any atom is -0.350 e. The van der Waals surface area contributed by atoms with E-state index in [0.717, 1.165) is 68.6 Å². The van der Waals surface area contributed by atoms with Gasteiger partial charge in [0, 0.05) is 60.0 Å². The fraction of sp³-hybridized carbons (Fsp3) is 0.324. The van der Waals surface area contributed by atoms with Crippen molar-refractivity contribution in [3.05, 3.63) is 94.5 Å². The summed E-state index contributed by atoms with van der Waals surface area (Å²) in [7, 11) is 0. The summed E-state index contributed by atoms with van der Waals surface area (Å²) in [6.07, 6.45) is 6.56. The average Bonchev–Trinajstić information content (AvgIpc) is 3.07. The molecule has 0 bridgehead atoms. The second-order valence-corrected chi connectivity index (χ2v) is 11.6. The van der Waals surface area contributed by atoms with E-state index >= 15 is 0 Å². The van der Waals surface area contributed by atoms with E-state index < -0.39 is 0 Å². The molecule has 3 aromatic carbocycles. The molecule has 2 fully saturated rings. The van der Waals surface area contributed by atoms with Crippen LogP contribution in [-0.4, -0.2) is 62.7 Å². The summed E-state index contributed by atoms with van der Waals surface area (Å²) in [5.41, 5.74) is 3.88. The number of hydrogen-bond donors (Lipinski definition) is 1. The summed E-state index contributed by atoms with van der Waals surface area (Å²) >= 11 is 6.18. The largest absolute Gasteiger partial charge is 0.350 e. The van der Waals surface area contributed by atoms with Crippen molar-refractivity contribution >= 4 is 29.4 Å². The number of nitrogens with one attached hydrogen (secondary N) is 1. The summed E-state index contributed by atoms with van der Waals surface area (Å²) in [6.45, 7) is 3.71. The number of carbonyl (C=O) groups excluding carboxylic acids is 2. The zero-order valence-corrected chi connectivity index (χ0v) is 24.9. The van der Waals surface area contributed by atoms with E-state index in [1.54, 1.807) is 0 Å². The first kappa shape index (κ1) is 28.8. The zero-order chi connectivity index (χ0) is 29.6. The predicted molar refractivity (Wildman–Crippen MR) is 169 cm³/mol. The summed E-state index contributed by atoms with van der Waals surface area (Å²) in [5, 5.41) is 3.97. The molecule has 0 spiro atoms. The Balaban J connectivity index is 1.27. The third kappa shape index (κ3) is 7.03. The summed E-state index contributed by atoms with van der Waals surface area (Å²) < 4.78 is 0. The first-order valence-corrected chi connectivity index (χ1v) is 15.5. The Kier molecular flexibility index (Phi) is 8.93. The van der Waals surface area contributed by atoms with E-state index in [-0.39, 0.29) is 11.8 Å². The van der Waals surface area contributed by atoms with Gasteiger partial charge in [-0.1, -0.05) is 48.0 Å². The molecule has 0 radical (unpaired) electrons. The smallest absolute Gasteiger partial charge is 0.253 e. The van der Waals surface area contributed by atoms with Crippen LogP contribution in [0.25, 0.3) is 22.8 Å². The molecule has 2 amide bonds. The monoisotopic (exact) mass is 594 g/mol. The van der Waals surface area contributed by atoms with Crippen LogP contribution in [0.5, 0.6) is 0 Å². The third-order valence-corrected chi connectivity index (χ3v) is 8.28. The standard InChI is InChI=1S/C34H35ClN6O2/c35-29-9-7-8-24(22-29)23-36-34-38-30(25-10-14-27(15-11-25)32(42)40-18-3-1-4-19-40)37-31(39-34)26-12-16-28(17-13-26)33(43)41-20-5-2-6-21-41/h7-17,22H,1-6,18-21,23H2,(H,36,37,38,39). The average molecular weight is 595 g/mol. The molecule has 4 aromatic rings. The van der Waals surface area contributed by atoms with Crippen LogP contribution in [0.4, 0.5) is 5.95 Å². The Labute approximate surface area is 257 Å². The highest BCUT2D eigenvalue weighted by atomic mass is 35.5. The van der Waals surface area contributed by atoms with E-state index in [4.69, 9.17) is 26.6 Å². The molecule has 2 aliphatic rings. The highest BCUT2D eigenvalue weighted by Crippen LogP contribution is 2.25. The van der Waals surface area contributed by atoms with Gasteiger partial charge in [0.25, 0.3) is 11.8 Å². The van der Waals surface area contributed by atoms with Crippen molar-refractivity contribution in [2.45, 2.75) is 45.1 Å². The number of piperidine rings is 2. The van der Waals surface area contributed by atoms with E-state index in [0.29, 0.717) is 40.3 Å². The van der Waals surface area contributed by atoms with Gasteiger partial charge in [-0.05, 0) is 80.5 Å². The Hall–Kier alpha value is -4.30. The quantitative estimate of drug-likeness (QED) is 0.255. The van der Waals surface area contributed by atoms with Gasteiger partial charge in [-0.15, -0.1) is 0 Å². The number of aromatic nitrogens is 3. The fourth-order valence-electron chi connectivity index (χ4n) is 5.62. The van der Waals surface area contributed by atoms with Gasteiger partial charge >= 0.3 is 0 Å². The molecule has 6 rings (SSSR count). The van der Waals surface area contributed by atoms with Crippen LogP contribution in [0.1, 0.15) is 64.8 Å². The van der Waals surface area contributed by atoms with Crippen LogP contribution in [0.15, 0.2) is 72.8 Å². The molecule has 220 valence electrons. The molecule has 2 aliphatic heterocycles. The van der Waals surface area contributed by atoms with Crippen molar-refractivity contribution in [1.82, 2.24) is 24.8 Å². The summed E-state index contributed by atoms with van der Waals surface area (Å²) in [5.74, 6) is 1.52. The molecule has 0 saturated carbocycles. The molecule has 0 unspecified atom stereocenters. The number of benzene rings is 3. The molecule has 3 heterocycles. The van der Waals surface area contributed by atoms with Gasteiger partial charge in [-0.25, -0.2) is 4.98 Å². The second kappa shape index (κ2) is 13.3. The van der Waals surface area contributed by atoms with Crippen LogP contribution in [0.3, 0.4) is 0 Å². The number of likely N-dealkylation sites (tertiary alicyclic amines) is 2. The topological polar surface area (TPSA) is 91.3 Å². The van der Waals surface area contributed by atoms with Crippen molar-refractivity contribution < 1.29 is 9.59 Å². The predicted octanol–water partition coefficient (Wildman–Crippen LogP) is 6.72. The van der Waals surface area contributed by atoms with Gasteiger partial charge in [0.15, 0.2) is 11.6 Å². The molecular formula is C34H35ClN6O2. The number of rotatable bonds is 7. The number of halogens is 1. The number of carbonyl (C=O) groups is 2. The van der Waals surface area contributed by atoms with Gasteiger partial charge in [-0.3, -0.25) is 9.59 Å². The maximum atomic E-state index is 13.0. The molecule has 0 atom stereocenters. The van der Waals surface area contributed by atoms with Crippen LogP contribution in [0, 0.1) is 0 Å². The van der Waals surface area contributed by atoms with E-state index in [2.05, 4.69) is 5.32 Å². The van der Waals surface area contributed by atoms with Gasteiger partial charge in [0.1, 0.15) is 0 Å². The number of nitrogens with zero attached hydrogens (tertiary/aromatic N) is 5. The number of amides is 2. The maximum absolute atomic E-state index is 13.0. The van der Waals surface area contributed by atoms with Gasteiger partial charge in [0.2, 0.25) is 5.95 Å². The summed E-state index contributed by atoms with van der Waals surface area (Å²) in [6, 6.07) is 22.5. The highest BCUT2D eigenvalue weighted by molar-refractivity contribution is 6.30. The first-order valence-electron chi connectivity index (χ1n) is 15.1. The van der Waals surface area contributed by atoms with Gasteiger partial charge in [-0.2, -0.15) is 9.97 Å². The minimum atomic E-state index is 0.0608. The first-order chi connectivity index (χ1) is 21.0. The van der Waals surface area contributed by atoms with Gasteiger partial charge in [0.05, 0.1) is 0 Å². The highest BCUT2D eigenvalue weighted by Gasteiger charge is 2.20. The minimum absolute atomic E-state index is 0.0608. The van der Waals surface area contributed by atoms with Crippen LogP contribution >= 0.6 is 11.6 Å². The third-order valence-electron chi connectivity index (χ3n) is 8.04. The molecule has 43 heavy (non-hydrogen) atoms. The normalized spacial score (nSPS) is 15.3. The molecule has 1 N–H and O–H groups in total. The zero-order valence-electron chi connectivity index (χ0n) is 24.1. The Morgan fingerprint density at radius 1 is 0.651 bits per heavy atom. The number of hydrogen-bond acceptors (Lipinski definition) is 6. The van der Waals surface area contributed by atoms with Crippen LogP contribution in [-0.2, 0) is 6.54 Å². The van der Waals surface area contributed by atoms with Gasteiger partial charge < -0.3 is 15.1 Å². The van der Waals surface area contributed by atoms with Crippen LogP contribution in [0.2, 0.25) is 5.02 Å². The lowest BCUT2D eigenvalue weighted by Crippen LogP contribution is -2.35. The second-order valence-electron chi connectivity index (χ2n) is 11.2. The van der Waals surface area contributed by atoms with Crippen molar-refractivity contribution in [2.75, 3.05) is 31.5 Å². The van der Waals surface area contributed by atoms with E-state index in [9.17, 15) is 9.59 Å². The molecule has 2 saturated heterocycles. The molecule has 0 aliphatic carbocycles. The van der Waals surface area contributed by atoms with Crippen molar-refractivity contribution in [1.29, 1.82) is 0 Å². The lowest BCUT2D eigenvalue weighted by Gasteiger charge is -2.26. The Bertz CT molecular complexity index is 1490. The Morgan fingerprint density at radius 3 is 1.60 bits per heavy atom. The molecule has 8 nitrogen and oxygen atoms in total. The van der Waals surface area contributed by atoms with E-state index in [1.807, 2.05) is 82.6 Å². The SMILES string of the molecule is O=C(c1ccc(-c2nc(NCc3cccc(Cl)c3)nc(-c3ccc(C(=O)N4CCCCC4)cc3)n2)cc1)N1CCCCC1. The van der Waals surface area contributed by atoms with E-state index in [1.165, 1.54) is 12.8 Å². The maximum Gasteiger partial charge on any atom is 0.253 e. The fourth-order valence-corrected chi connectivity index (χ4v) is 5.84. The molecule has 1 aromatic heterocycles. The Morgan fingerprint density at radius 2 is 1.14 bits per heavy atom. The lowest BCUT2D eigenvalue weighted by atomic mass is 10.1. The lowest BCUT2D eigenvalue weighted by molar-refractivity contribution is 0.0717. The molecule has 9 heteroatoms. The van der Waals surface area contributed by atoms with Crippen molar-refractivity contribution in [3.63, 3.8) is 0 Å². The molecular weight excluding hydrogens is 560 g/mol. The van der Waals surface area contributed by atoms with Crippen molar-refractivity contribution in [2.24, 2.45) is 0 Å². The van der Waals surface area contributed by atoms with Crippen LogP contribution < -0.4 is 5.32 Å². The number of anilines is 1.